The lowest BCUT2D eigenvalue weighted by Gasteiger charge is -2.39. The first kappa shape index (κ1) is 29.6. The maximum Gasteiger partial charge on any atom is 0.348 e. The average Bonchev–Trinajstić information content (AvgIpc) is 3.30. The second-order valence-corrected chi connectivity index (χ2v) is 13.4. The minimum Gasteiger partial charge on any atom is -0.477 e. The molecule has 2 saturated carbocycles. The Morgan fingerprint density at radius 1 is 1.11 bits per heavy atom. The van der Waals surface area contributed by atoms with E-state index in [0.717, 1.165) is 37.0 Å². The van der Waals surface area contributed by atoms with E-state index in [1.54, 1.807) is 0 Å². The number of ether oxygens (including phenoxy) is 1. The number of carbonyl (C=O) groups is 3. The van der Waals surface area contributed by atoms with E-state index in [1.807, 2.05) is 24.8 Å². The van der Waals surface area contributed by atoms with Crippen LogP contribution in [0.5, 0.6) is 0 Å². The molecule has 8 heteroatoms. The van der Waals surface area contributed by atoms with Gasteiger partial charge in [-0.05, 0) is 74.7 Å². The fourth-order valence-corrected chi connectivity index (χ4v) is 6.48. The summed E-state index contributed by atoms with van der Waals surface area (Å²) < 4.78 is 5.75. The molecule has 2 aliphatic rings. The number of anilines is 1. The molecule has 0 aliphatic heterocycles. The molecule has 1 aromatic rings. The number of carboxylic acids is 1. The van der Waals surface area contributed by atoms with Gasteiger partial charge in [0.25, 0.3) is 0 Å². The molecule has 2 aliphatic carbocycles. The number of esters is 1. The number of rotatable bonds is 8. The summed E-state index contributed by atoms with van der Waals surface area (Å²) in [6, 6.07) is 1.18. The first-order valence-corrected chi connectivity index (χ1v) is 14.8. The van der Waals surface area contributed by atoms with Crippen LogP contribution in [0, 0.1) is 17.8 Å². The molecule has 0 radical (unpaired) electrons. The third kappa shape index (κ3) is 7.14. The summed E-state index contributed by atoms with van der Waals surface area (Å²) >= 11 is 1.27. The average molecular weight is 535 g/mol. The summed E-state index contributed by atoms with van der Waals surface area (Å²) in [6.07, 6.45) is 6.89. The molecule has 1 aromatic heterocycles. The Hall–Kier alpha value is -1.93. The number of nitrogens with two attached hydrogens (primary N) is 1. The maximum atomic E-state index is 14.0. The lowest BCUT2D eigenvalue weighted by Crippen LogP contribution is -2.48. The lowest BCUT2D eigenvalue weighted by molar-refractivity contribution is -0.153. The van der Waals surface area contributed by atoms with Crippen molar-refractivity contribution >= 4 is 34.9 Å². The first-order valence-electron chi connectivity index (χ1n) is 14.0. The number of carbonyl (C=O) groups excluding carboxylic acids is 2. The Bertz CT molecular complexity index is 952. The van der Waals surface area contributed by atoms with Gasteiger partial charge in [-0.2, -0.15) is 0 Å². The molecule has 1 amide bonds. The predicted octanol–water partition coefficient (Wildman–Crippen LogP) is 6.13. The van der Waals surface area contributed by atoms with E-state index in [1.165, 1.54) is 11.3 Å². The van der Waals surface area contributed by atoms with Crippen molar-refractivity contribution in [3.63, 3.8) is 0 Å². The number of hydrogen-bond acceptors (Lipinski definition) is 6. The SMILES string of the molecule is CC[C@H](C)[C@@H](N)C(=O)O[C@H]1CC[C@H](N(c2cc(C(C)(C)C)sc2C(=O)O)C(=O)[C@H]2CC[C@H](C)CC2)CC1. The zero-order valence-corrected chi connectivity index (χ0v) is 24.2. The molecular weight excluding hydrogens is 488 g/mol. The van der Waals surface area contributed by atoms with Crippen LogP contribution in [0.1, 0.15) is 114 Å². The standard InChI is InChI=1S/C29H46N2O5S/c1-7-18(3)24(30)28(35)36-21-14-12-20(13-15-21)31(26(32)19-10-8-17(2)9-11-19)22-16-23(29(4,5)6)37-25(22)27(33)34/h16-21,24H,7-15,30H2,1-6H3,(H,33,34)/t17-,18-,19-,20-,21-,24+/m0/s1. The minimum atomic E-state index is -0.993. The normalized spacial score (nSPS) is 26.2. The van der Waals surface area contributed by atoms with Gasteiger partial charge >= 0.3 is 11.9 Å². The van der Waals surface area contributed by atoms with Gasteiger partial charge in [0.1, 0.15) is 17.0 Å². The van der Waals surface area contributed by atoms with Crippen LogP contribution >= 0.6 is 11.3 Å². The molecule has 3 N–H and O–H groups in total. The van der Waals surface area contributed by atoms with Crippen LogP contribution in [0.2, 0.25) is 0 Å². The van der Waals surface area contributed by atoms with Crippen molar-refractivity contribution in [2.75, 3.05) is 4.90 Å². The predicted molar refractivity (Wildman–Crippen MR) is 148 cm³/mol. The number of nitrogens with zero attached hydrogens (tertiary/aromatic N) is 1. The van der Waals surface area contributed by atoms with Crippen molar-refractivity contribution in [1.82, 2.24) is 0 Å². The Kier molecular flexibility index (Phi) is 9.84. The van der Waals surface area contributed by atoms with Gasteiger partial charge in [-0.15, -0.1) is 11.3 Å². The van der Waals surface area contributed by atoms with Gasteiger partial charge in [0, 0.05) is 16.8 Å². The van der Waals surface area contributed by atoms with Gasteiger partial charge in [-0.3, -0.25) is 9.59 Å². The van der Waals surface area contributed by atoms with Crippen LogP contribution in [0.3, 0.4) is 0 Å². The molecule has 208 valence electrons. The highest BCUT2D eigenvalue weighted by Crippen LogP contribution is 2.42. The maximum absolute atomic E-state index is 14.0. The van der Waals surface area contributed by atoms with Crippen LogP contribution in [-0.2, 0) is 19.7 Å². The molecule has 7 nitrogen and oxygen atoms in total. The summed E-state index contributed by atoms with van der Waals surface area (Å²) in [6.45, 7) is 12.4. The number of thiophene rings is 1. The first-order chi connectivity index (χ1) is 17.3. The van der Waals surface area contributed by atoms with Gasteiger partial charge < -0.3 is 20.5 Å². The molecule has 2 fully saturated rings. The third-order valence-corrected chi connectivity index (χ3v) is 9.87. The zero-order valence-electron chi connectivity index (χ0n) is 23.4. The molecule has 0 spiro atoms. The largest absolute Gasteiger partial charge is 0.477 e. The monoisotopic (exact) mass is 534 g/mol. The van der Waals surface area contributed by atoms with Crippen LogP contribution in [0.25, 0.3) is 0 Å². The van der Waals surface area contributed by atoms with E-state index in [9.17, 15) is 19.5 Å². The van der Waals surface area contributed by atoms with Gasteiger partial charge in [0.15, 0.2) is 0 Å². The zero-order chi connectivity index (χ0) is 27.5. The molecule has 0 unspecified atom stereocenters. The Balaban J connectivity index is 1.84. The Labute approximate surface area is 226 Å². The van der Waals surface area contributed by atoms with Crippen molar-refractivity contribution in [3.8, 4) is 0 Å². The van der Waals surface area contributed by atoms with E-state index in [2.05, 4.69) is 27.7 Å². The van der Waals surface area contributed by atoms with Crippen LogP contribution in [0.15, 0.2) is 6.07 Å². The van der Waals surface area contributed by atoms with Crippen LogP contribution < -0.4 is 10.6 Å². The highest BCUT2D eigenvalue weighted by molar-refractivity contribution is 7.14. The van der Waals surface area contributed by atoms with Crippen molar-refractivity contribution in [2.24, 2.45) is 23.5 Å². The Morgan fingerprint density at radius 2 is 1.70 bits per heavy atom. The second kappa shape index (κ2) is 12.3. The van der Waals surface area contributed by atoms with Gasteiger partial charge in [-0.1, -0.05) is 48.0 Å². The molecule has 1 heterocycles. The minimum absolute atomic E-state index is 0.0481. The van der Waals surface area contributed by atoms with Crippen molar-refractivity contribution < 1.29 is 24.2 Å². The van der Waals surface area contributed by atoms with Crippen LogP contribution in [-0.4, -0.2) is 41.1 Å². The van der Waals surface area contributed by atoms with Gasteiger partial charge in [-0.25, -0.2) is 4.79 Å². The third-order valence-electron chi connectivity index (χ3n) is 8.33. The summed E-state index contributed by atoms with van der Waals surface area (Å²) in [5.74, 6) is -0.713. The van der Waals surface area contributed by atoms with Gasteiger partial charge in [0.2, 0.25) is 5.91 Å². The van der Waals surface area contributed by atoms with E-state index in [4.69, 9.17) is 10.5 Å². The fraction of sp³-hybridized carbons (Fsp3) is 0.759. The van der Waals surface area contributed by atoms with E-state index < -0.39 is 12.0 Å². The molecule has 2 atom stereocenters. The summed E-state index contributed by atoms with van der Waals surface area (Å²) in [4.78, 5) is 41.9. The highest BCUT2D eigenvalue weighted by atomic mass is 32.1. The lowest BCUT2D eigenvalue weighted by atomic mass is 9.81. The smallest absolute Gasteiger partial charge is 0.348 e. The van der Waals surface area contributed by atoms with Crippen molar-refractivity contribution in [1.29, 1.82) is 0 Å². The topological polar surface area (TPSA) is 110 Å². The molecule has 37 heavy (non-hydrogen) atoms. The molecular formula is C29H46N2O5S. The Morgan fingerprint density at radius 3 is 2.22 bits per heavy atom. The number of carboxylic acid groups (broad SMARTS) is 1. The molecule has 0 saturated heterocycles. The number of aromatic carboxylic acids is 1. The highest BCUT2D eigenvalue weighted by Gasteiger charge is 2.39. The van der Waals surface area contributed by atoms with E-state index >= 15 is 0 Å². The van der Waals surface area contributed by atoms with E-state index in [0.29, 0.717) is 37.3 Å². The van der Waals surface area contributed by atoms with E-state index in [-0.39, 0.29) is 46.2 Å². The van der Waals surface area contributed by atoms with Gasteiger partial charge in [0.05, 0.1) is 5.69 Å². The van der Waals surface area contributed by atoms with Crippen molar-refractivity contribution in [2.45, 2.75) is 123 Å². The fourth-order valence-electron chi connectivity index (χ4n) is 5.43. The molecule has 3 rings (SSSR count). The summed E-state index contributed by atoms with van der Waals surface area (Å²) in [5.41, 5.74) is 6.39. The molecule has 0 aromatic carbocycles. The summed E-state index contributed by atoms with van der Waals surface area (Å²) in [5, 5.41) is 10.1. The summed E-state index contributed by atoms with van der Waals surface area (Å²) in [7, 11) is 0. The number of amides is 1. The molecule has 0 bridgehead atoms. The number of hydrogen-bond donors (Lipinski definition) is 2. The van der Waals surface area contributed by atoms with Crippen LogP contribution in [0.4, 0.5) is 5.69 Å². The quantitative estimate of drug-likeness (QED) is 0.388. The second-order valence-electron chi connectivity index (χ2n) is 12.3. The van der Waals surface area contributed by atoms with Crippen molar-refractivity contribution in [3.05, 3.63) is 15.8 Å².